The number of carbonyl (C=O) groups excluding carboxylic acids is 2. The molecule has 12 aromatic rings. The van der Waals surface area contributed by atoms with Crippen LogP contribution in [0.25, 0.3) is 33.5 Å². The van der Waals surface area contributed by atoms with Gasteiger partial charge >= 0.3 is 72.1 Å². The van der Waals surface area contributed by atoms with Crippen LogP contribution in [-0.4, -0.2) is 115 Å². The van der Waals surface area contributed by atoms with Crippen LogP contribution in [0, 0.1) is 0 Å². The number of rotatable bonds is 20. The Labute approximate surface area is 675 Å². The van der Waals surface area contributed by atoms with Gasteiger partial charge in [-0.3, -0.25) is 61.2 Å². The first-order valence-electron chi connectivity index (χ1n) is 33.8. The number of aryl methyl sites for hydroxylation is 3. The quantitative estimate of drug-likeness (QED) is 0.0406. The van der Waals surface area contributed by atoms with Crippen molar-refractivity contribution in [2.45, 2.75) is 105 Å². The fourth-order valence-corrected chi connectivity index (χ4v) is 11.2. The number of ether oxygens (including phenoxy) is 8. The fraction of sp³-hybridized carbons (Fsp3) is 0.270. The minimum atomic E-state index is -4.92. The van der Waals surface area contributed by atoms with Crippen LogP contribution in [0.1, 0.15) is 58.2 Å². The van der Waals surface area contributed by atoms with E-state index in [1.165, 1.54) is 71.2 Å². The molecular formula is C74H65BrCl3F9N12O18. The van der Waals surface area contributed by atoms with Crippen molar-refractivity contribution in [1.82, 2.24) is 56.5 Å². The van der Waals surface area contributed by atoms with Gasteiger partial charge in [-0.05, 0) is 131 Å². The molecule has 6 aromatic carbocycles. The van der Waals surface area contributed by atoms with E-state index in [0.29, 0.717) is 30.8 Å². The van der Waals surface area contributed by atoms with E-state index in [4.69, 9.17) is 63.6 Å². The van der Waals surface area contributed by atoms with Crippen LogP contribution >= 0.6 is 50.7 Å². The van der Waals surface area contributed by atoms with Crippen molar-refractivity contribution in [3.8, 4) is 52.5 Å². The Hall–Kier alpha value is -12.3. The number of nitrogens with zero attached hydrogens (tertiary/aromatic N) is 11. The van der Waals surface area contributed by atoms with Gasteiger partial charge in [0.25, 0.3) is 16.7 Å². The number of fused-ring (bicyclic) bond motifs is 3. The number of H-pyrrole nitrogens is 1. The molecule has 12 rings (SSSR count). The van der Waals surface area contributed by atoms with Gasteiger partial charge in [0.2, 0.25) is 0 Å². The van der Waals surface area contributed by atoms with Gasteiger partial charge < -0.3 is 43.0 Å². The zero-order chi connectivity index (χ0) is 86.1. The molecule has 0 fully saturated rings. The number of imidazole rings is 3. The Morgan fingerprint density at radius 3 is 1.03 bits per heavy atom. The van der Waals surface area contributed by atoms with E-state index in [1.54, 1.807) is 93.6 Å². The summed E-state index contributed by atoms with van der Waals surface area (Å²) in [5.41, 5.74) is -4.36. The standard InChI is InChI=1S/C26H24ClF3N4O6.C22H16ClF3N4O6.C20H14ClF3N4O4.C6H11BrO2/c1-25(2,3)40-19(35)14-34-22(36)20-21(32(4)24(34)37)31-23(33(20)13-15-8-10-16(27)11-9-15)38-17-6-5-7-18(12-17)39-26(28,29)30;1-28-18-17(19(33)30(21(28)34)11-16(31)32)29(10-12-5-7-13(23)8-6-12)20(27-18)35-14-3-2-4-15(9-14)36-22(24,25)26;1-27-16-15(17(29)26-18(27)30)28(10-11-5-7-12(21)8-6-11)19(25-16)31-13-3-2-4-14(9-13)32-20(22,23)24;1-6(2,3)9-5(8)4-7/h5-12H,13-14H2,1-4H3;2-9H,10-11H2,1H3,(H,31,32);2-9H,10H2,1H3,(H,26,29,30);4H2,1-3H3. The first-order chi connectivity index (χ1) is 54.6. The molecule has 43 heteroatoms. The SMILES string of the molecule is CC(C)(C)OC(=O)CBr.Cn1c(=O)[nH]c(=O)c2c1nc(Oc1cccc(OC(F)(F)F)c1)n2Cc1ccc(Cl)cc1.Cn1c(=O)n(CC(=O)O)c(=O)c2c1nc(Oc1cccc(OC(F)(F)F)c1)n2Cc1ccc(Cl)cc1.Cn1c(=O)n(CC(=O)OC(C)(C)C)c(=O)c2c1nc(Oc1cccc(OC(F)(F)F)c1)n2Cc1ccc(Cl)cc1. The number of carboxylic acids is 1. The number of carboxylic acid groups (broad SMARTS) is 1. The highest BCUT2D eigenvalue weighted by Crippen LogP contribution is 2.35. The average Bonchev–Trinajstić information content (AvgIpc) is 1.63. The van der Waals surface area contributed by atoms with Crippen LogP contribution in [0.5, 0.6) is 52.5 Å². The van der Waals surface area contributed by atoms with Gasteiger partial charge in [-0.1, -0.05) is 105 Å². The molecule has 0 bridgehead atoms. The molecule has 0 unspecified atom stereocenters. The number of nitrogens with one attached hydrogen (secondary N) is 1. The molecule has 0 saturated heterocycles. The number of benzene rings is 6. The summed E-state index contributed by atoms with van der Waals surface area (Å²) in [7, 11) is 4.07. The number of aromatic amines is 1. The third kappa shape index (κ3) is 24.2. The summed E-state index contributed by atoms with van der Waals surface area (Å²) in [6.07, 6.45) is -14.7. The molecule has 6 aromatic heterocycles. The highest BCUT2D eigenvalue weighted by Gasteiger charge is 2.35. The molecule has 0 saturated carbocycles. The zero-order valence-corrected chi connectivity index (χ0v) is 66.2. The molecule has 0 atom stereocenters. The van der Waals surface area contributed by atoms with Crippen molar-refractivity contribution in [3.63, 3.8) is 0 Å². The van der Waals surface area contributed by atoms with E-state index in [0.717, 1.165) is 60.2 Å². The molecule has 6 heterocycles. The number of aromatic nitrogens is 12. The number of hydrogen-bond acceptors (Lipinski definition) is 20. The minimum absolute atomic E-state index is 0.00161. The average molecular weight is 1770 g/mol. The molecule has 0 aliphatic heterocycles. The van der Waals surface area contributed by atoms with Gasteiger partial charge in [-0.2, -0.15) is 15.0 Å². The summed E-state index contributed by atoms with van der Waals surface area (Å²) in [4.78, 5) is 126. The van der Waals surface area contributed by atoms with Gasteiger partial charge in [-0.15, -0.1) is 39.5 Å². The van der Waals surface area contributed by atoms with Gasteiger partial charge in [0, 0.05) is 54.4 Å². The predicted octanol–water partition coefficient (Wildman–Crippen LogP) is 13.5. The maximum atomic E-state index is 13.6. The summed E-state index contributed by atoms with van der Waals surface area (Å²) >= 11 is 20.8. The number of carbonyl (C=O) groups is 3. The normalized spacial score (nSPS) is 11.7. The highest BCUT2D eigenvalue weighted by atomic mass is 79.9. The number of hydrogen-bond donors (Lipinski definition) is 2. The second-order valence-corrected chi connectivity index (χ2v) is 28.6. The van der Waals surface area contributed by atoms with Crippen LogP contribution in [0.3, 0.4) is 0 Å². The van der Waals surface area contributed by atoms with E-state index in [9.17, 15) is 82.7 Å². The summed E-state index contributed by atoms with van der Waals surface area (Å²) in [6.45, 7) is 9.01. The van der Waals surface area contributed by atoms with Crippen LogP contribution in [0.15, 0.2) is 174 Å². The molecule has 30 nitrogen and oxygen atoms in total. The number of aliphatic carboxylic acids is 1. The van der Waals surface area contributed by atoms with Crippen molar-refractivity contribution < 1.29 is 96.9 Å². The van der Waals surface area contributed by atoms with Crippen molar-refractivity contribution in [1.29, 1.82) is 0 Å². The molecule has 117 heavy (non-hydrogen) atoms. The molecular weight excluding hydrogens is 1700 g/mol. The van der Waals surface area contributed by atoms with Crippen LogP contribution in [0.2, 0.25) is 15.1 Å². The smallest absolute Gasteiger partial charge is 0.480 e. The maximum Gasteiger partial charge on any atom is 0.573 e. The van der Waals surface area contributed by atoms with E-state index in [-0.39, 0.29) is 105 Å². The minimum Gasteiger partial charge on any atom is -0.480 e. The van der Waals surface area contributed by atoms with Crippen molar-refractivity contribution in [2.24, 2.45) is 21.1 Å². The Morgan fingerprint density at radius 1 is 0.427 bits per heavy atom. The third-order valence-corrected chi connectivity index (χ3v) is 16.6. The summed E-state index contributed by atoms with van der Waals surface area (Å²) < 4.78 is 161. The lowest BCUT2D eigenvalue weighted by Crippen LogP contribution is -2.42. The van der Waals surface area contributed by atoms with Crippen LogP contribution < -0.4 is 62.2 Å². The summed E-state index contributed by atoms with van der Waals surface area (Å²) in [5.74, 6) is -4.17. The van der Waals surface area contributed by atoms with E-state index >= 15 is 0 Å². The maximum absolute atomic E-state index is 13.6. The van der Waals surface area contributed by atoms with Crippen molar-refractivity contribution in [3.05, 3.63) is 240 Å². The first-order valence-corrected chi connectivity index (χ1v) is 36.0. The van der Waals surface area contributed by atoms with E-state index in [2.05, 4.69) is 50.1 Å². The monoisotopic (exact) mass is 1760 g/mol. The lowest BCUT2D eigenvalue weighted by atomic mass is 10.2. The lowest BCUT2D eigenvalue weighted by Gasteiger charge is -2.19. The molecule has 0 spiro atoms. The molecule has 0 aliphatic carbocycles. The largest absolute Gasteiger partial charge is 0.573 e. The van der Waals surface area contributed by atoms with Crippen LogP contribution in [-0.2, 0) is 77.7 Å². The summed E-state index contributed by atoms with van der Waals surface area (Å²) in [6, 6.07) is 33.7. The van der Waals surface area contributed by atoms with Gasteiger partial charge in [-0.25, -0.2) is 23.5 Å². The van der Waals surface area contributed by atoms with Crippen molar-refractivity contribution in [2.75, 3.05) is 5.33 Å². The number of esters is 2. The second kappa shape index (κ2) is 36.3. The predicted molar refractivity (Wildman–Crippen MR) is 408 cm³/mol. The molecule has 0 aliphatic rings. The Bertz CT molecular complexity index is 6070. The van der Waals surface area contributed by atoms with E-state index in [1.807, 2.05) is 20.8 Å². The molecule has 620 valence electrons. The van der Waals surface area contributed by atoms with Crippen LogP contribution in [0.4, 0.5) is 39.5 Å². The Morgan fingerprint density at radius 2 is 0.726 bits per heavy atom. The highest BCUT2D eigenvalue weighted by molar-refractivity contribution is 9.09. The topological polar surface area (TPSA) is 342 Å². The fourth-order valence-electron chi connectivity index (χ4n) is 10.7. The summed E-state index contributed by atoms with van der Waals surface area (Å²) in [5, 5.41) is 10.9. The number of alkyl halides is 10. The lowest BCUT2D eigenvalue weighted by molar-refractivity contribution is -0.275. The third-order valence-electron chi connectivity index (χ3n) is 15.4. The van der Waals surface area contributed by atoms with Gasteiger partial charge in [0.05, 0.1) is 19.6 Å². The zero-order valence-electron chi connectivity index (χ0n) is 62.3. The van der Waals surface area contributed by atoms with Gasteiger partial charge in [0.15, 0.2) is 33.5 Å². The Kier molecular flexibility index (Phi) is 27.5. The van der Waals surface area contributed by atoms with Gasteiger partial charge in [0.1, 0.15) is 64.1 Å². The Balaban J connectivity index is 0.000000191. The number of halogens is 13. The molecule has 0 radical (unpaired) electrons. The first kappa shape index (κ1) is 88.6. The molecule has 0 amide bonds. The molecule has 2 N–H and O–H groups in total. The second-order valence-electron chi connectivity index (χ2n) is 26.7. The van der Waals surface area contributed by atoms with E-state index < -0.39 is 101 Å². The van der Waals surface area contributed by atoms with Crippen molar-refractivity contribution >= 4 is 102 Å².